The number of hydrogen-bond acceptors (Lipinski definition) is 3. The van der Waals surface area contributed by atoms with E-state index in [4.69, 9.17) is 4.74 Å². The molecule has 7 rings (SSSR count). The molecule has 6 aliphatic rings. The first-order valence-corrected chi connectivity index (χ1v) is 11.8. The number of ether oxygens (including phenoxy) is 1. The van der Waals surface area contributed by atoms with E-state index in [0.29, 0.717) is 17.8 Å². The lowest BCUT2D eigenvalue weighted by atomic mass is 9.45. The molecule has 1 atom stereocenters. The summed E-state index contributed by atoms with van der Waals surface area (Å²) < 4.78 is 5.60. The van der Waals surface area contributed by atoms with Crippen LogP contribution in [-0.4, -0.2) is 35.7 Å². The first-order chi connectivity index (χ1) is 13.6. The Morgan fingerprint density at radius 3 is 2.21 bits per heavy atom. The van der Waals surface area contributed by atoms with Crippen molar-refractivity contribution >= 4 is 12.4 Å². The van der Waals surface area contributed by atoms with Crippen molar-refractivity contribution in [2.45, 2.75) is 68.9 Å². The molecule has 1 unspecified atom stereocenters. The lowest BCUT2D eigenvalue weighted by molar-refractivity contribution is -0.201. The van der Waals surface area contributed by atoms with Crippen LogP contribution in [0.1, 0.15) is 63.4 Å². The van der Waals surface area contributed by atoms with Gasteiger partial charge in [0.25, 0.3) is 0 Å². The monoisotopic (exact) mass is 417 g/mol. The Labute approximate surface area is 181 Å². The predicted octanol–water partition coefficient (Wildman–Crippen LogP) is 5.01. The summed E-state index contributed by atoms with van der Waals surface area (Å²) >= 11 is 0. The van der Waals surface area contributed by atoms with Crippen LogP contribution < -0.4 is 4.74 Å². The second-order valence-electron chi connectivity index (χ2n) is 10.7. The lowest BCUT2D eigenvalue weighted by Crippen LogP contribution is -2.65. The Morgan fingerprint density at radius 2 is 1.62 bits per heavy atom. The number of halogens is 1. The molecule has 4 saturated carbocycles. The van der Waals surface area contributed by atoms with Crippen LogP contribution in [0.5, 0.6) is 5.75 Å². The number of hydrogen-bond donors (Lipinski definition) is 1. The average molecular weight is 418 g/mol. The molecule has 0 aromatic heterocycles. The summed E-state index contributed by atoms with van der Waals surface area (Å²) in [6, 6.07) is 8.49. The fourth-order valence-corrected chi connectivity index (χ4v) is 8.97. The first kappa shape index (κ1) is 20.2. The van der Waals surface area contributed by atoms with E-state index in [2.05, 4.69) is 23.1 Å². The molecule has 160 valence electrons. The van der Waals surface area contributed by atoms with Gasteiger partial charge in [0.15, 0.2) is 0 Å². The fourth-order valence-electron chi connectivity index (χ4n) is 8.97. The van der Waals surface area contributed by atoms with Crippen LogP contribution in [0.4, 0.5) is 0 Å². The maximum atomic E-state index is 13.0. The molecule has 2 saturated heterocycles. The van der Waals surface area contributed by atoms with E-state index >= 15 is 0 Å². The van der Waals surface area contributed by atoms with Gasteiger partial charge in [0.2, 0.25) is 0 Å². The molecule has 0 radical (unpaired) electrons. The van der Waals surface area contributed by atoms with E-state index in [-0.39, 0.29) is 17.9 Å². The summed E-state index contributed by atoms with van der Waals surface area (Å²) in [6.07, 6.45) is 11.7. The molecular formula is C25H36ClNO2. The van der Waals surface area contributed by atoms with Gasteiger partial charge in [-0.25, -0.2) is 0 Å². The molecule has 4 aliphatic carbocycles. The van der Waals surface area contributed by atoms with Crippen molar-refractivity contribution in [3.8, 4) is 5.75 Å². The van der Waals surface area contributed by atoms with Crippen molar-refractivity contribution in [1.29, 1.82) is 0 Å². The highest BCUT2D eigenvalue weighted by Gasteiger charge is 2.66. The van der Waals surface area contributed by atoms with Gasteiger partial charge in [-0.05, 0) is 118 Å². The molecule has 2 heterocycles. The highest BCUT2D eigenvalue weighted by Crippen LogP contribution is 2.65. The zero-order valence-corrected chi connectivity index (χ0v) is 18.5. The molecule has 3 nitrogen and oxygen atoms in total. The second-order valence-corrected chi connectivity index (χ2v) is 10.7. The zero-order valence-electron chi connectivity index (χ0n) is 17.7. The third kappa shape index (κ3) is 2.69. The van der Waals surface area contributed by atoms with E-state index in [1.807, 2.05) is 6.07 Å². The molecule has 29 heavy (non-hydrogen) atoms. The van der Waals surface area contributed by atoms with E-state index < -0.39 is 5.60 Å². The number of fused-ring (bicyclic) bond motifs is 1. The number of aliphatic hydroxyl groups is 1. The summed E-state index contributed by atoms with van der Waals surface area (Å²) in [5, 5.41) is 13.0. The average Bonchev–Trinajstić information content (AvgIpc) is 3.28. The van der Waals surface area contributed by atoms with Gasteiger partial charge < -0.3 is 9.84 Å². The maximum Gasteiger partial charge on any atom is 0.119 e. The number of nitrogens with zero attached hydrogens (tertiary/aromatic N) is 1. The van der Waals surface area contributed by atoms with Crippen LogP contribution in [0.2, 0.25) is 0 Å². The topological polar surface area (TPSA) is 32.7 Å². The van der Waals surface area contributed by atoms with Gasteiger partial charge in [-0.2, -0.15) is 0 Å². The molecule has 1 N–H and O–H groups in total. The van der Waals surface area contributed by atoms with Gasteiger partial charge in [-0.3, -0.25) is 4.90 Å². The fraction of sp³-hybridized carbons (Fsp3) is 0.760. The zero-order chi connectivity index (χ0) is 18.9. The minimum Gasteiger partial charge on any atom is -0.497 e. The third-order valence-electron chi connectivity index (χ3n) is 9.57. The van der Waals surface area contributed by atoms with Crippen molar-refractivity contribution < 1.29 is 9.84 Å². The molecule has 2 aliphatic heterocycles. The molecular weight excluding hydrogens is 382 g/mol. The molecule has 4 heteroatoms. The molecule has 0 spiro atoms. The second kappa shape index (κ2) is 7.14. The van der Waals surface area contributed by atoms with Gasteiger partial charge in [0, 0.05) is 0 Å². The summed E-state index contributed by atoms with van der Waals surface area (Å²) in [4.78, 5) is 2.68. The summed E-state index contributed by atoms with van der Waals surface area (Å²) in [5.41, 5.74) is 0.342. The summed E-state index contributed by atoms with van der Waals surface area (Å²) in [5.74, 6) is 4.61. The predicted molar refractivity (Wildman–Crippen MR) is 117 cm³/mol. The SMILES string of the molecule is COc1cccc(C(O)(C2C3CC4CC(C3)CC2C4)C23CCCN2CCC3)c1.Cl. The number of rotatable bonds is 4. The van der Waals surface area contributed by atoms with Gasteiger partial charge in [-0.15, -0.1) is 12.4 Å². The maximum absolute atomic E-state index is 13.0. The lowest BCUT2D eigenvalue weighted by Gasteiger charge is -2.62. The van der Waals surface area contributed by atoms with Gasteiger partial charge in [0.1, 0.15) is 11.4 Å². The largest absolute Gasteiger partial charge is 0.497 e. The van der Waals surface area contributed by atoms with Gasteiger partial charge in [-0.1, -0.05) is 12.1 Å². The molecule has 4 bridgehead atoms. The quantitative estimate of drug-likeness (QED) is 0.747. The van der Waals surface area contributed by atoms with Crippen molar-refractivity contribution in [3.05, 3.63) is 29.8 Å². The van der Waals surface area contributed by atoms with E-state index in [0.717, 1.165) is 36.0 Å². The van der Waals surface area contributed by atoms with Crippen LogP contribution in [-0.2, 0) is 5.60 Å². The van der Waals surface area contributed by atoms with Crippen LogP contribution in [0.3, 0.4) is 0 Å². The van der Waals surface area contributed by atoms with Crippen LogP contribution in [0.15, 0.2) is 24.3 Å². The minimum absolute atomic E-state index is 0. The molecule has 6 fully saturated rings. The molecule has 1 aromatic rings. The van der Waals surface area contributed by atoms with Gasteiger partial charge >= 0.3 is 0 Å². The third-order valence-corrected chi connectivity index (χ3v) is 9.57. The Balaban J connectivity index is 0.00000181. The Morgan fingerprint density at radius 1 is 1.00 bits per heavy atom. The smallest absolute Gasteiger partial charge is 0.119 e. The highest BCUT2D eigenvalue weighted by atomic mass is 35.5. The highest BCUT2D eigenvalue weighted by molar-refractivity contribution is 5.85. The standard InChI is InChI=1S/C25H35NO2.ClH/c1-28-22-6-2-5-21(16-22)25(27,24-7-3-9-26(24)10-4-8-24)23-19-12-17-11-18(14-19)15-20(23)13-17;/h2,5-6,16-20,23,27H,3-4,7-15H2,1H3;1H. The van der Waals surface area contributed by atoms with Crippen LogP contribution >= 0.6 is 12.4 Å². The van der Waals surface area contributed by atoms with E-state index in [9.17, 15) is 5.11 Å². The van der Waals surface area contributed by atoms with Crippen molar-refractivity contribution in [2.75, 3.05) is 20.2 Å². The number of methoxy groups -OCH3 is 1. The molecule has 1 aromatic carbocycles. The Hall–Kier alpha value is -0.770. The Kier molecular flexibility index (Phi) is 4.96. The molecule has 0 amide bonds. The minimum atomic E-state index is -0.739. The normalized spacial score (nSPS) is 39.0. The van der Waals surface area contributed by atoms with E-state index in [1.165, 1.54) is 58.0 Å². The van der Waals surface area contributed by atoms with Crippen LogP contribution in [0, 0.1) is 29.6 Å². The van der Waals surface area contributed by atoms with Crippen LogP contribution in [0.25, 0.3) is 0 Å². The van der Waals surface area contributed by atoms with Crippen molar-refractivity contribution in [1.82, 2.24) is 4.90 Å². The van der Waals surface area contributed by atoms with Crippen molar-refractivity contribution in [2.24, 2.45) is 29.6 Å². The first-order valence-electron chi connectivity index (χ1n) is 11.8. The van der Waals surface area contributed by atoms with Crippen molar-refractivity contribution in [3.63, 3.8) is 0 Å². The Bertz CT molecular complexity index is 729. The summed E-state index contributed by atoms with van der Waals surface area (Å²) in [7, 11) is 1.75. The summed E-state index contributed by atoms with van der Waals surface area (Å²) in [6.45, 7) is 2.33. The van der Waals surface area contributed by atoms with E-state index in [1.54, 1.807) is 7.11 Å². The van der Waals surface area contributed by atoms with Gasteiger partial charge in [0.05, 0.1) is 12.6 Å². The number of benzene rings is 1.